The molecule has 5 heteroatoms. The Bertz CT molecular complexity index is 636. The van der Waals surface area contributed by atoms with Crippen LogP contribution in [0.1, 0.15) is 13.8 Å². The minimum absolute atomic E-state index is 0. The third kappa shape index (κ3) is 4.84. The zero-order chi connectivity index (χ0) is 16.2. The van der Waals surface area contributed by atoms with Crippen LogP contribution in [0, 0.1) is 0 Å². The molecule has 1 N–H and O–H groups in total. The van der Waals surface area contributed by atoms with Gasteiger partial charge in [0, 0.05) is 25.0 Å². The molecule has 2 aromatic rings. The number of morpholine rings is 1. The number of benzene rings is 2. The maximum atomic E-state index is 10.3. The molecule has 24 heavy (non-hydrogen) atoms. The highest BCUT2D eigenvalue weighted by Crippen LogP contribution is 2.25. The average molecular weight is 352 g/mol. The van der Waals surface area contributed by atoms with Crippen molar-refractivity contribution in [2.45, 2.75) is 32.2 Å². The van der Waals surface area contributed by atoms with Crippen LogP contribution in [0.25, 0.3) is 10.8 Å². The quantitative estimate of drug-likeness (QED) is 0.898. The summed E-state index contributed by atoms with van der Waals surface area (Å²) in [6.45, 7) is 6.77. The SMILES string of the molecule is CC1CN(CC(O)COc2cccc3ccccc23)CC(C)O1.Cl. The molecule has 0 aliphatic carbocycles. The second-order valence-electron chi connectivity index (χ2n) is 6.42. The van der Waals surface area contributed by atoms with Gasteiger partial charge in [-0.25, -0.2) is 0 Å². The number of halogens is 1. The smallest absolute Gasteiger partial charge is 0.127 e. The largest absolute Gasteiger partial charge is 0.490 e. The number of hydrogen-bond donors (Lipinski definition) is 1. The summed E-state index contributed by atoms with van der Waals surface area (Å²) < 4.78 is 11.6. The van der Waals surface area contributed by atoms with E-state index in [9.17, 15) is 5.11 Å². The maximum absolute atomic E-state index is 10.3. The van der Waals surface area contributed by atoms with Crippen molar-refractivity contribution < 1.29 is 14.6 Å². The zero-order valence-electron chi connectivity index (χ0n) is 14.2. The Labute approximate surface area is 149 Å². The number of aliphatic hydroxyl groups is 1. The molecule has 0 spiro atoms. The van der Waals surface area contributed by atoms with Gasteiger partial charge >= 0.3 is 0 Å². The van der Waals surface area contributed by atoms with Crippen molar-refractivity contribution in [3.63, 3.8) is 0 Å². The molecular formula is C19H26ClNO3. The summed E-state index contributed by atoms with van der Waals surface area (Å²) in [5.74, 6) is 0.825. The highest BCUT2D eigenvalue weighted by molar-refractivity contribution is 5.88. The van der Waals surface area contributed by atoms with E-state index < -0.39 is 6.10 Å². The minimum atomic E-state index is -0.508. The number of nitrogens with zero attached hydrogens (tertiary/aromatic N) is 1. The predicted octanol–water partition coefficient (Wildman–Crippen LogP) is 3.11. The standard InChI is InChI=1S/C19H25NO3.ClH/c1-14-10-20(11-15(2)23-14)12-17(21)13-22-19-9-5-7-16-6-3-4-8-18(16)19;/h3-9,14-15,17,21H,10-13H2,1-2H3;1H. The molecule has 1 fully saturated rings. The molecular weight excluding hydrogens is 326 g/mol. The van der Waals surface area contributed by atoms with Crippen LogP contribution in [0.3, 0.4) is 0 Å². The lowest BCUT2D eigenvalue weighted by Crippen LogP contribution is -2.48. The fourth-order valence-corrected chi connectivity index (χ4v) is 3.29. The Morgan fingerprint density at radius 3 is 2.54 bits per heavy atom. The van der Waals surface area contributed by atoms with Gasteiger partial charge in [0.15, 0.2) is 0 Å². The molecule has 132 valence electrons. The molecule has 0 saturated carbocycles. The van der Waals surface area contributed by atoms with Crippen molar-refractivity contribution in [2.75, 3.05) is 26.2 Å². The lowest BCUT2D eigenvalue weighted by atomic mass is 10.1. The molecule has 3 unspecified atom stereocenters. The van der Waals surface area contributed by atoms with Gasteiger partial charge in [-0.15, -0.1) is 12.4 Å². The first-order valence-corrected chi connectivity index (χ1v) is 8.28. The zero-order valence-corrected chi connectivity index (χ0v) is 15.0. The molecule has 0 amide bonds. The second kappa shape index (κ2) is 8.67. The van der Waals surface area contributed by atoms with E-state index in [1.807, 2.05) is 30.3 Å². The van der Waals surface area contributed by atoms with E-state index in [-0.39, 0.29) is 24.6 Å². The maximum Gasteiger partial charge on any atom is 0.127 e. The van der Waals surface area contributed by atoms with E-state index in [1.54, 1.807) is 0 Å². The van der Waals surface area contributed by atoms with Crippen LogP contribution in [-0.4, -0.2) is 54.6 Å². The first-order chi connectivity index (χ1) is 11.1. The van der Waals surface area contributed by atoms with Crippen molar-refractivity contribution in [1.29, 1.82) is 0 Å². The van der Waals surface area contributed by atoms with Gasteiger partial charge in [-0.2, -0.15) is 0 Å². The Kier molecular flexibility index (Phi) is 6.87. The van der Waals surface area contributed by atoms with Gasteiger partial charge in [0.2, 0.25) is 0 Å². The minimum Gasteiger partial charge on any atom is -0.490 e. The van der Waals surface area contributed by atoms with Crippen LogP contribution >= 0.6 is 12.4 Å². The fraction of sp³-hybridized carbons (Fsp3) is 0.474. The summed E-state index contributed by atoms with van der Waals surface area (Å²) in [6, 6.07) is 14.1. The number of fused-ring (bicyclic) bond motifs is 1. The third-order valence-corrected chi connectivity index (χ3v) is 4.15. The molecule has 1 heterocycles. The Hall–Kier alpha value is -1.33. The van der Waals surface area contributed by atoms with E-state index in [0.29, 0.717) is 13.2 Å². The molecule has 1 saturated heterocycles. The van der Waals surface area contributed by atoms with Crippen LogP contribution in [0.5, 0.6) is 5.75 Å². The van der Waals surface area contributed by atoms with Crippen LogP contribution in [0.2, 0.25) is 0 Å². The molecule has 2 aromatic carbocycles. The van der Waals surface area contributed by atoms with Crippen LogP contribution in [-0.2, 0) is 4.74 Å². The normalized spacial score (nSPS) is 22.8. The number of β-amino-alcohol motifs (C(OH)–C–C–N with tert-alkyl or cyclic N) is 1. The number of hydrogen-bond acceptors (Lipinski definition) is 4. The Morgan fingerprint density at radius 1 is 1.12 bits per heavy atom. The lowest BCUT2D eigenvalue weighted by Gasteiger charge is -2.36. The van der Waals surface area contributed by atoms with E-state index in [1.165, 1.54) is 0 Å². The van der Waals surface area contributed by atoms with Crippen LogP contribution in [0.4, 0.5) is 0 Å². The second-order valence-corrected chi connectivity index (χ2v) is 6.42. The van der Waals surface area contributed by atoms with Crippen molar-refractivity contribution in [3.05, 3.63) is 42.5 Å². The van der Waals surface area contributed by atoms with Crippen molar-refractivity contribution in [2.24, 2.45) is 0 Å². The van der Waals surface area contributed by atoms with Crippen LogP contribution in [0.15, 0.2) is 42.5 Å². The van der Waals surface area contributed by atoms with E-state index >= 15 is 0 Å². The van der Waals surface area contributed by atoms with E-state index in [0.717, 1.165) is 29.6 Å². The molecule has 4 nitrogen and oxygen atoms in total. The van der Waals surface area contributed by atoms with Crippen molar-refractivity contribution in [3.8, 4) is 5.75 Å². The molecule has 1 aliphatic rings. The number of aliphatic hydroxyl groups excluding tert-OH is 1. The van der Waals surface area contributed by atoms with Crippen LogP contribution < -0.4 is 4.74 Å². The third-order valence-electron chi connectivity index (χ3n) is 4.15. The Morgan fingerprint density at radius 2 is 1.79 bits per heavy atom. The van der Waals surface area contributed by atoms with Gasteiger partial charge in [0.25, 0.3) is 0 Å². The lowest BCUT2D eigenvalue weighted by molar-refractivity contribution is -0.0786. The Balaban J connectivity index is 0.00000208. The van der Waals surface area contributed by atoms with Gasteiger partial charge in [0.05, 0.1) is 12.2 Å². The summed E-state index contributed by atoms with van der Waals surface area (Å²) in [6.07, 6.45) is -0.0821. The van der Waals surface area contributed by atoms with Crippen molar-refractivity contribution >= 4 is 23.2 Å². The summed E-state index contributed by atoms with van der Waals surface area (Å²) in [7, 11) is 0. The first-order valence-electron chi connectivity index (χ1n) is 8.28. The molecule has 1 aliphatic heterocycles. The van der Waals surface area contributed by atoms with E-state index in [4.69, 9.17) is 9.47 Å². The molecule has 3 atom stereocenters. The van der Waals surface area contributed by atoms with Gasteiger partial charge in [-0.1, -0.05) is 36.4 Å². The highest BCUT2D eigenvalue weighted by atomic mass is 35.5. The topological polar surface area (TPSA) is 41.9 Å². The summed E-state index contributed by atoms with van der Waals surface area (Å²) >= 11 is 0. The van der Waals surface area contributed by atoms with Gasteiger partial charge in [0.1, 0.15) is 18.5 Å². The van der Waals surface area contributed by atoms with Gasteiger partial charge in [-0.05, 0) is 25.3 Å². The van der Waals surface area contributed by atoms with Gasteiger partial charge < -0.3 is 14.6 Å². The highest BCUT2D eigenvalue weighted by Gasteiger charge is 2.24. The summed E-state index contributed by atoms with van der Waals surface area (Å²) in [5, 5.41) is 12.5. The first kappa shape index (κ1) is 19.0. The van der Waals surface area contributed by atoms with Gasteiger partial charge in [-0.3, -0.25) is 4.90 Å². The molecule has 0 aromatic heterocycles. The number of ether oxygens (including phenoxy) is 2. The fourth-order valence-electron chi connectivity index (χ4n) is 3.29. The summed E-state index contributed by atoms with van der Waals surface area (Å²) in [4.78, 5) is 2.25. The monoisotopic (exact) mass is 351 g/mol. The molecule has 0 bridgehead atoms. The molecule has 3 rings (SSSR count). The number of rotatable bonds is 5. The van der Waals surface area contributed by atoms with E-state index in [2.05, 4.69) is 30.9 Å². The van der Waals surface area contributed by atoms with Crippen molar-refractivity contribution in [1.82, 2.24) is 4.90 Å². The molecule has 0 radical (unpaired) electrons. The summed E-state index contributed by atoms with van der Waals surface area (Å²) in [5.41, 5.74) is 0. The average Bonchev–Trinajstić information content (AvgIpc) is 2.52. The predicted molar refractivity (Wildman–Crippen MR) is 99.1 cm³/mol.